The van der Waals surface area contributed by atoms with E-state index < -0.39 is 0 Å². The van der Waals surface area contributed by atoms with E-state index in [4.69, 9.17) is 4.99 Å². The van der Waals surface area contributed by atoms with Crippen molar-refractivity contribution < 1.29 is 4.79 Å². The predicted octanol–water partition coefficient (Wildman–Crippen LogP) is 3.41. The molecule has 6 rings (SSSR count). The van der Waals surface area contributed by atoms with Crippen molar-refractivity contribution in [3.63, 3.8) is 0 Å². The van der Waals surface area contributed by atoms with Gasteiger partial charge < -0.3 is 9.47 Å². The van der Waals surface area contributed by atoms with Crippen LogP contribution in [0.25, 0.3) is 11.3 Å². The molecule has 1 saturated heterocycles. The molecular formula is C30H27N5O2S. The Hall–Kier alpha value is -4.43. The van der Waals surface area contributed by atoms with Gasteiger partial charge in [0.25, 0.3) is 11.5 Å². The Labute approximate surface area is 224 Å². The molecule has 2 aliphatic heterocycles. The fourth-order valence-corrected chi connectivity index (χ4v) is 6.72. The Morgan fingerprint density at radius 2 is 1.47 bits per heavy atom. The third-order valence-electron chi connectivity index (χ3n) is 7.18. The molecule has 0 unspecified atom stereocenters. The van der Waals surface area contributed by atoms with Gasteiger partial charge in [0.2, 0.25) is 0 Å². The predicted molar refractivity (Wildman–Crippen MR) is 154 cm³/mol. The molecule has 38 heavy (non-hydrogen) atoms. The summed E-state index contributed by atoms with van der Waals surface area (Å²) in [5.74, 6) is 0.141. The normalized spacial score (nSPS) is 20.2. The Kier molecular flexibility index (Phi) is 5.57. The summed E-state index contributed by atoms with van der Waals surface area (Å²) in [6.45, 7) is 4.27. The number of rotatable bonds is 2. The second-order valence-corrected chi connectivity index (χ2v) is 10.9. The molecule has 1 N–H and O–H groups in total. The third kappa shape index (κ3) is 3.60. The molecular weight excluding hydrogens is 494 g/mol. The van der Waals surface area contributed by atoms with Crippen LogP contribution < -0.4 is 30.1 Å². The molecule has 2 aliphatic rings. The second kappa shape index (κ2) is 8.85. The number of aromatic nitrogens is 1. The van der Waals surface area contributed by atoms with Crippen LogP contribution in [0.15, 0.2) is 94.7 Å². The van der Waals surface area contributed by atoms with Gasteiger partial charge in [-0.2, -0.15) is 0 Å². The number of hydrogen-bond donors (Lipinski definition) is 1. The molecule has 0 radical (unpaired) electrons. The van der Waals surface area contributed by atoms with Gasteiger partial charge in [0.15, 0.2) is 5.84 Å². The van der Waals surface area contributed by atoms with Crippen LogP contribution >= 0.6 is 11.3 Å². The summed E-state index contributed by atoms with van der Waals surface area (Å²) in [6.07, 6.45) is 0. The van der Waals surface area contributed by atoms with Gasteiger partial charge in [-0.05, 0) is 35.9 Å². The molecule has 190 valence electrons. The van der Waals surface area contributed by atoms with Crippen molar-refractivity contribution >= 4 is 51.4 Å². The molecule has 0 bridgehead atoms. The van der Waals surface area contributed by atoms with Crippen molar-refractivity contribution in [3.05, 3.63) is 110 Å². The lowest BCUT2D eigenvalue weighted by molar-refractivity contribution is -0.113. The number of para-hydroxylation sites is 3. The van der Waals surface area contributed by atoms with Crippen LogP contribution in [0.5, 0.6) is 0 Å². The quantitative estimate of drug-likeness (QED) is 0.439. The van der Waals surface area contributed by atoms with Crippen molar-refractivity contribution in [3.8, 4) is 0 Å². The van der Waals surface area contributed by atoms with E-state index in [2.05, 4.69) is 36.3 Å². The minimum absolute atomic E-state index is 0.134. The van der Waals surface area contributed by atoms with E-state index in [1.54, 1.807) is 11.6 Å². The third-order valence-corrected chi connectivity index (χ3v) is 8.42. The van der Waals surface area contributed by atoms with E-state index in [-0.39, 0.29) is 16.9 Å². The van der Waals surface area contributed by atoms with E-state index in [0.29, 0.717) is 32.0 Å². The smallest absolute Gasteiger partial charge is 0.283 e. The minimum Gasteiger partial charge on any atom is -0.346 e. The zero-order valence-electron chi connectivity index (χ0n) is 21.6. The highest BCUT2D eigenvalue weighted by Gasteiger charge is 2.40. The number of thiazole rings is 1. The van der Waals surface area contributed by atoms with E-state index in [9.17, 15) is 9.59 Å². The number of aliphatic imine (C=N–C) groups is 1. The number of benzene rings is 3. The van der Waals surface area contributed by atoms with Gasteiger partial charge in [0.05, 0.1) is 17.1 Å². The summed E-state index contributed by atoms with van der Waals surface area (Å²) in [4.78, 5) is 34.5. The van der Waals surface area contributed by atoms with Gasteiger partial charge in [-0.1, -0.05) is 68.4 Å². The number of amidine groups is 1. The van der Waals surface area contributed by atoms with E-state index >= 15 is 0 Å². The number of nitrogens with zero attached hydrogens (tertiary/aromatic N) is 4. The number of carbonyl (C=O) groups is 1. The van der Waals surface area contributed by atoms with Gasteiger partial charge in [-0.15, -0.1) is 11.3 Å². The van der Waals surface area contributed by atoms with Crippen LogP contribution in [0.4, 0.5) is 17.1 Å². The van der Waals surface area contributed by atoms with Crippen molar-refractivity contribution in [2.24, 2.45) is 12.0 Å². The highest BCUT2D eigenvalue weighted by Crippen LogP contribution is 2.46. The highest BCUT2D eigenvalue weighted by atomic mass is 32.1. The molecule has 4 aromatic rings. The number of carbonyl (C=O) groups excluding carboxylic acids is 1. The summed E-state index contributed by atoms with van der Waals surface area (Å²) in [7, 11) is 3.72. The molecule has 0 spiro atoms. The lowest BCUT2D eigenvalue weighted by Gasteiger charge is -2.23. The molecule has 0 aliphatic carbocycles. The first-order valence-electron chi connectivity index (χ1n) is 12.4. The number of fused-ring (bicyclic) bond motifs is 1. The summed E-state index contributed by atoms with van der Waals surface area (Å²) < 4.78 is 2.75. The van der Waals surface area contributed by atoms with E-state index in [0.717, 1.165) is 11.4 Å². The Bertz CT molecular complexity index is 1790. The number of likely N-dealkylation sites (N-methyl/N-ethyl adjacent to an activating group) is 1. The summed E-state index contributed by atoms with van der Waals surface area (Å²) in [5.41, 5.74) is 7.62. The Morgan fingerprint density at radius 1 is 0.842 bits per heavy atom. The van der Waals surface area contributed by atoms with Crippen molar-refractivity contribution in [1.82, 2.24) is 9.99 Å². The molecule has 0 atom stereocenters. The first-order valence-corrected chi connectivity index (χ1v) is 13.2. The Morgan fingerprint density at radius 3 is 2.16 bits per heavy atom. The largest absolute Gasteiger partial charge is 0.346 e. The number of hydrazine groups is 1. The Balaban J connectivity index is 1.64. The maximum atomic E-state index is 13.9. The van der Waals surface area contributed by atoms with Crippen LogP contribution in [0.3, 0.4) is 0 Å². The second-order valence-electron chi connectivity index (χ2n) is 9.91. The maximum absolute atomic E-state index is 13.9. The fraction of sp³-hybridized carbons (Fsp3) is 0.167. The maximum Gasteiger partial charge on any atom is 0.283 e. The number of anilines is 2. The van der Waals surface area contributed by atoms with Crippen LogP contribution in [-0.4, -0.2) is 23.4 Å². The molecule has 7 nitrogen and oxygen atoms in total. The summed E-state index contributed by atoms with van der Waals surface area (Å²) in [6, 6.07) is 27.1. The number of nitrogens with one attached hydrogen (secondary N) is 1. The lowest BCUT2D eigenvalue weighted by atomic mass is 9.84. The first kappa shape index (κ1) is 23.9. The summed E-state index contributed by atoms with van der Waals surface area (Å²) >= 11 is 1.34. The van der Waals surface area contributed by atoms with Gasteiger partial charge in [-0.3, -0.25) is 15.0 Å². The van der Waals surface area contributed by atoms with Crippen LogP contribution in [-0.2, 0) is 17.3 Å². The van der Waals surface area contributed by atoms with Gasteiger partial charge in [0, 0.05) is 25.2 Å². The topological polar surface area (TPSA) is 69.9 Å². The molecule has 8 heteroatoms. The first-order chi connectivity index (χ1) is 18.3. The molecule has 1 fully saturated rings. The molecule has 3 heterocycles. The molecule has 3 aromatic carbocycles. The minimum atomic E-state index is -0.376. The van der Waals surface area contributed by atoms with Crippen LogP contribution in [0.1, 0.15) is 19.4 Å². The average Bonchev–Trinajstić information content (AvgIpc) is 3.47. The molecule has 0 saturated carbocycles. The van der Waals surface area contributed by atoms with Crippen molar-refractivity contribution in [2.75, 3.05) is 17.0 Å². The van der Waals surface area contributed by atoms with Gasteiger partial charge in [-0.25, -0.2) is 10.0 Å². The average molecular weight is 522 g/mol. The van der Waals surface area contributed by atoms with Crippen molar-refractivity contribution in [1.29, 1.82) is 0 Å². The summed E-state index contributed by atoms with van der Waals surface area (Å²) in [5, 5.41) is 1.48. The fourth-order valence-electron chi connectivity index (χ4n) is 5.31. The number of hydrogen-bond acceptors (Lipinski definition) is 5. The SMILES string of the molecule is CN1/C(=c2/sc(=C3C(=O)N(c4ccccc4)NC3=Nc3ccccc3)n(C)c2=O)C(C)(C)c2ccccc21. The zero-order valence-corrected chi connectivity index (χ0v) is 22.4. The number of amides is 1. The van der Waals surface area contributed by atoms with Gasteiger partial charge >= 0.3 is 0 Å². The monoisotopic (exact) mass is 521 g/mol. The molecule has 1 amide bonds. The van der Waals surface area contributed by atoms with E-state index in [1.165, 1.54) is 21.9 Å². The lowest BCUT2D eigenvalue weighted by Crippen LogP contribution is -2.37. The van der Waals surface area contributed by atoms with Crippen LogP contribution in [0.2, 0.25) is 0 Å². The zero-order chi connectivity index (χ0) is 26.6. The van der Waals surface area contributed by atoms with Crippen molar-refractivity contribution in [2.45, 2.75) is 19.3 Å². The van der Waals surface area contributed by atoms with E-state index in [1.807, 2.05) is 79.8 Å². The molecule has 1 aromatic heterocycles. The standard InChI is InChI=1S/C30H27N5O2S/c1-30(2)21-17-11-12-18-22(21)33(3)25(30)24-28(37)34(4)29(38-24)23-26(31-19-13-7-5-8-14-19)32-35(27(23)36)20-15-9-6-10-16-20/h5-18H,1-4H3,(H,31,32)/b25-24+,29-23?. The van der Waals surface area contributed by atoms with Gasteiger partial charge in [0.1, 0.15) is 14.8 Å². The van der Waals surface area contributed by atoms with Crippen LogP contribution in [0, 0.1) is 0 Å². The highest BCUT2D eigenvalue weighted by molar-refractivity contribution is 7.08.